The molecule has 0 bridgehead atoms. The lowest BCUT2D eigenvalue weighted by molar-refractivity contribution is -0.154. The van der Waals surface area contributed by atoms with E-state index in [1.165, 1.54) is 135 Å². The second-order valence-electron chi connectivity index (χ2n) is 15.4. The van der Waals surface area contributed by atoms with Crippen molar-refractivity contribution in [2.45, 2.75) is 225 Å². The Balaban J connectivity index is 4.15. The van der Waals surface area contributed by atoms with E-state index in [1.54, 1.807) is 0 Å². The van der Waals surface area contributed by atoms with Crippen molar-refractivity contribution in [3.05, 3.63) is 24.3 Å². The molecule has 0 rings (SSSR count). The molecule has 3 atom stereocenters. The highest BCUT2D eigenvalue weighted by atomic mass is 31.2. The Bertz CT molecular complexity index is 913. The molecule has 0 heterocycles. The number of allylic oxidation sites excluding steroid dienone is 4. The topological polar surface area (TPSA) is 132 Å². The zero-order valence-electron chi connectivity index (χ0n) is 35.7. The fourth-order valence-electron chi connectivity index (χ4n) is 6.35. The SMILES string of the molecule is CCCCCCCC/C=C\CCCCCCCCOCC(COP(=O)(O)OCC(O)CO)OC(=O)CCCCCCCCC/C=C\CCCCCCCCC. The Morgan fingerprint density at radius 2 is 0.927 bits per heavy atom. The van der Waals surface area contributed by atoms with Crippen molar-refractivity contribution in [2.24, 2.45) is 0 Å². The molecular formula is C45H87O9P. The lowest BCUT2D eigenvalue weighted by Crippen LogP contribution is -2.29. The maximum Gasteiger partial charge on any atom is 0.472 e. The van der Waals surface area contributed by atoms with E-state index in [9.17, 15) is 19.4 Å². The molecule has 0 radical (unpaired) electrons. The number of phosphoric acid groups is 1. The van der Waals surface area contributed by atoms with Crippen LogP contribution in [0.25, 0.3) is 0 Å². The summed E-state index contributed by atoms with van der Waals surface area (Å²) >= 11 is 0. The molecule has 326 valence electrons. The molecule has 0 aliphatic rings. The maximum atomic E-state index is 12.6. The zero-order valence-corrected chi connectivity index (χ0v) is 36.6. The molecule has 0 aromatic rings. The lowest BCUT2D eigenvalue weighted by Gasteiger charge is -2.20. The van der Waals surface area contributed by atoms with E-state index in [4.69, 9.17) is 23.6 Å². The summed E-state index contributed by atoms with van der Waals surface area (Å²) in [5.41, 5.74) is 0. The van der Waals surface area contributed by atoms with E-state index in [-0.39, 0.29) is 25.6 Å². The maximum absolute atomic E-state index is 12.6. The van der Waals surface area contributed by atoms with Crippen molar-refractivity contribution < 1.29 is 43.0 Å². The van der Waals surface area contributed by atoms with Crippen molar-refractivity contribution in [1.29, 1.82) is 0 Å². The van der Waals surface area contributed by atoms with Gasteiger partial charge in [-0.05, 0) is 64.2 Å². The lowest BCUT2D eigenvalue weighted by atomic mass is 10.1. The fourth-order valence-corrected chi connectivity index (χ4v) is 7.13. The van der Waals surface area contributed by atoms with E-state index < -0.39 is 33.2 Å². The summed E-state index contributed by atoms with van der Waals surface area (Å²) in [6.45, 7) is 3.52. The molecule has 0 aromatic heterocycles. The minimum atomic E-state index is -4.52. The van der Waals surface area contributed by atoms with Gasteiger partial charge < -0.3 is 24.6 Å². The first-order chi connectivity index (χ1) is 26.8. The van der Waals surface area contributed by atoms with Gasteiger partial charge in [-0.2, -0.15) is 0 Å². The first-order valence-electron chi connectivity index (χ1n) is 22.8. The van der Waals surface area contributed by atoms with Crippen LogP contribution in [0.3, 0.4) is 0 Å². The van der Waals surface area contributed by atoms with Gasteiger partial charge in [-0.15, -0.1) is 0 Å². The summed E-state index contributed by atoms with van der Waals surface area (Å²) in [7, 11) is -4.52. The monoisotopic (exact) mass is 803 g/mol. The summed E-state index contributed by atoms with van der Waals surface area (Å²) in [5, 5.41) is 18.4. The van der Waals surface area contributed by atoms with E-state index >= 15 is 0 Å². The van der Waals surface area contributed by atoms with Gasteiger partial charge in [0, 0.05) is 13.0 Å². The van der Waals surface area contributed by atoms with Crippen LogP contribution in [-0.2, 0) is 27.9 Å². The standard InChI is InChI=1S/C45H87O9P/c1-3-5-7-9-11-13-15-17-19-21-22-23-25-27-29-31-33-35-37-45(48)54-44(42-53-55(49,50)52-40-43(47)39-46)41-51-38-36-34-32-30-28-26-24-20-18-16-14-12-10-8-6-4-2/h18-21,43-44,46-47H,3-17,22-42H2,1-2H3,(H,49,50)/b20-18-,21-19-. The molecular weight excluding hydrogens is 715 g/mol. The minimum absolute atomic E-state index is 0.0460. The number of aliphatic hydroxyl groups is 2. The largest absolute Gasteiger partial charge is 0.472 e. The Morgan fingerprint density at radius 1 is 0.545 bits per heavy atom. The van der Waals surface area contributed by atoms with Gasteiger partial charge in [0.15, 0.2) is 0 Å². The molecule has 3 N–H and O–H groups in total. The Kier molecular flexibility index (Phi) is 41.7. The molecule has 0 aliphatic carbocycles. The quantitative estimate of drug-likeness (QED) is 0.0238. The second kappa shape index (κ2) is 42.5. The molecule has 10 heteroatoms. The van der Waals surface area contributed by atoms with Gasteiger partial charge in [0.1, 0.15) is 12.2 Å². The van der Waals surface area contributed by atoms with Gasteiger partial charge in [-0.25, -0.2) is 4.57 Å². The number of phosphoric ester groups is 1. The number of hydrogen-bond acceptors (Lipinski definition) is 8. The molecule has 0 fully saturated rings. The summed E-state index contributed by atoms with van der Waals surface area (Å²) in [6.07, 6.45) is 44.2. The molecule has 0 saturated heterocycles. The van der Waals surface area contributed by atoms with Gasteiger partial charge in [0.05, 0.1) is 26.4 Å². The highest BCUT2D eigenvalue weighted by Crippen LogP contribution is 2.43. The highest BCUT2D eigenvalue weighted by Gasteiger charge is 2.26. The number of carbonyl (C=O) groups excluding carboxylic acids is 1. The number of rotatable bonds is 44. The first kappa shape index (κ1) is 53.9. The van der Waals surface area contributed by atoms with Crippen molar-refractivity contribution in [2.75, 3.05) is 33.0 Å². The summed E-state index contributed by atoms with van der Waals surface area (Å²) < 4.78 is 33.4. The predicted octanol–water partition coefficient (Wildman–Crippen LogP) is 12.6. The van der Waals surface area contributed by atoms with E-state index in [0.717, 1.165) is 57.8 Å². The Morgan fingerprint density at radius 3 is 1.36 bits per heavy atom. The fraction of sp³-hybridized carbons (Fsp3) is 0.889. The van der Waals surface area contributed by atoms with Crippen LogP contribution in [0.5, 0.6) is 0 Å². The van der Waals surface area contributed by atoms with Gasteiger partial charge in [0.2, 0.25) is 0 Å². The molecule has 0 amide bonds. The van der Waals surface area contributed by atoms with Crippen LogP contribution in [0.4, 0.5) is 0 Å². The van der Waals surface area contributed by atoms with Crippen LogP contribution >= 0.6 is 7.82 Å². The third kappa shape index (κ3) is 42.4. The third-order valence-electron chi connectivity index (χ3n) is 9.86. The second-order valence-corrected chi connectivity index (χ2v) is 16.9. The van der Waals surface area contributed by atoms with Crippen LogP contribution in [0.1, 0.15) is 213 Å². The van der Waals surface area contributed by atoms with Crippen LogP contribution in [-0.4, -0.2) is 66.3 Å². The van der Waals surface area contributed by atoms with Crippen LogP contribution < -0.4 is 0 Å². The average molecular weight is 803 g/mol. The van der Waals surface area contributed by atoms with Crippen LogP contribution in [0.2, 0.25) is 0 Å². The summed E-state index contributed by atoms with van der Waals surface area (Å²) in [4.78, 5) is 22.6. The average Bonchev–Trinajstić information content (AvgIpc) is 3.18. The van der Waals surface area contributed by atoms with Crippen LogP contribution in [0.15, 0.2) is 24.3 Å². The molecule has 0 aliphatic heterocycles. The van der Waals surface area contributed by atoms with E-state index in [2.05, 4.69) is 38.2 Å². The third-order valence-corrected chi connectivity index (χ3v) is 10.8. The van der Waals surface area contributed by atoms with Gasteiger partial charge in [-0.3, -0.25) is 13.8 Å². The first-order valence-corrected chi connectivity index (χ1v) is 24.3. The zero-order chi connectivity index (χ0) is 40.3. The molecule has 0 aromatic carbocycles. The number of carbonyl (C=O) groups is 1. The molecule has 55 heavy (non-hydrogen) atoms. The molecule has 0 spiro atoms. The Hall–Kier alpha value is -1.06. The van der Waals surface area contributed by atoms with Crippen molar-refractivity contribution in [3.8, 4) is 0 Å². The van der Waals surface area contributed by atoms with Crippen LogP contribution in [0, 0.1) is 0 Å². The predicted molar refractivity (Wildman–Crippen MR) is 228 cm³/mol. The van der Waals surface area contributed by atoms with Crippen molar-refractivity contribution >= 4 is 13.8 Å². The van der Waals surface area contributed by atoms with E-state index in [0.29, 0.717) is 6.61 Å². The molecule has 9 nitrogen and oxygen atoms in total. The van der Waals surface area contributed by atoms with Gasteiger partial charge in [0.25, 0.3) is 0 Å². The van der Waals surface area contributed by atoms with E-state index in [1.807, 2.05) is 0 Å². The number of aliphatic hydroxyl groups excluding tert-OH is 2. The highest BCUT2D eigenvalue weighted by molar-refractivity contribution is 7.47. The van der Waals surface area contributed by atoms with Crippen molar-refractivity contribution in [3.63, 3.8) is 0 Å². The summed E-state index contributed by atoms with van der Waals surface area (Å²) in [5.74, 6) is -0.387. The number of unbranched alkanes of at least 4 members (excludes halogenated alkanes) is 26. The number of hydrogen-bond donors (Lipinski definition) is 3. The smallest absolute Gasteiger partial charge is 0.457 e. The Labute approximate surface area is 338 Å². The van der Waals surface area contributed by atoms with Crippen molar-refractivity contribution in [1.82, 2.24) is 0 Å². The van der Waals surface area contributed by atoms with Gasteiger partial charge >= 0.3 is 13.8 Å². The molecule has 3 unspecified atom stereocenters. The summed E-state index contributed by atoms with van der Waals surface area (Å²) in [6, 6.07) is 0. The number of ether oxygens (including phenoxy) is 2. The molecule has 0 saturated carbocycles. The normalized spacial score (nSPS) is 14.2. The number of esters is 1. The van der Waals surface area contributed by atoms with Gasteiger partial charge in [-0.1, -0.05) is 167 Å². The minimum Gasteiger partial charge on any atom is -0.457 e.